The van der Waals surface area contributed by atoms with Crippen molar-refractivity contribution in [1.82, 2.24) is 30.1 Å². The average Bonchev–Trinajstić information content (AvgIpc) is 3.45. The van der Waals surface area contributed by atoms with E-state index in [4.69, 9.17) is 9.15 Å². The second kappa shape index (κ2) is 12.6. The molecule has 1 saturated heterocycles. The van der Waals surface area contributed by atoms with Gasteiger partial charge in [0.2, 0.25) is 5.91 Å². The molecule has 0 bridgehead atoms. The highest BCUT2D eigenvalue weighted by Crippen LogP contribution is 2.25. The Balaban J connectivity index is 1.11. The minimum absolute atomic E-state index is 0.0296. The number of fused-ring (bicyclic) bond motifs is 1. The van der Waals surface area contributed by atoms with Crippen LogP contribution < -0.4 is 15.4 Å². The van der Waals surface area contributed by atoms with E-state index in [1.807, 2.05) is 19.9 Å². The maximum atomic E-state index is 13.0. The number of anilines is 1. The standard InChI is InChI=1S/C29H37N7O5/c1-18(2)28-33-26(9-27(34-28)32-22-13-36(14-22)19(3)37)29(39)31-10-23(38)15-35-7-6-20-8-24(5-4-21(20)12-35)40-16-25-11-30-17-41-25/h4-5,8-9,11,17-18,22-23,38H,6-7,10,12-16H2,1-3H3,(H,31,39)(H,32,33,34)/t23-/m0/s1. The van der Waals surface area contributed by atoms with E-state index in [1.165, 1.54) is 17.5 Å². The van der Waals surface area contributed by atoms with Crippen LogP contribution in [0.1, 0.15) is 59.9 Å². The molecule has 2 aliphatic heterocycles. The summed E-state index contributed by atoms with van der Waals surface area (Å²) in [7, 11) is 0. The van der Waals surface area contributed by atoms with Crippen LogP contribution in [0, 0.1) is 0 Å². The number of carbonyl (C=O) groups excluding carboxylic acids is 2. The number of aromatic nitrogens is 3. The third kappa shape index (κ3) is 7.39. The van der Waals surface area contributed by atoms with Crippen molar-refractivity contribution in [1.29, 1.82) is 0 Å². The van der Waals surface area contributed by atoms with Crippen molar-refractivity contribution >= 4 is 17.6 Å². The Bertz CT molecular complexity index is 1360. The summed E-state index contributed by atoms with van der Waals surface area (Å²) < 4.78 is 11.0. The minimum Gasteiger partial charge on any atom is -0.486 e. The number of hydrogen-bond donors (Lipinski definition) is 3. The summed E-state index contributed by atoms with van der Waals surface area (Å²) in [5.74, 6) is 2.27. The van der Waals surface area contributed by atoms with Crippen LogP contribution in [0.15, 0.2) is 41.3 Å². The first-order chi connectivity index (χ1) is 19.7. The molecule has 1 aromatic carbocycles. The summed E-state index contributed by atoms with van der Waals surface area (Å²) in [6.07, 6.45) is 3.12. The molecule has 1 fully saturated rings. The first-order valence-corrected chi connectivity index (χ1v) is 13.9. The summed E-state index contributed by atoms with van der Waals surface area (Å²) in [5.41, 5.74) is 2.66. The quantitative estimate of drug-likeness (QED) is 0.316. The highest BCUT2D eigenvalue weighted by molar-refractivity contribution is 5.93. The van der Waals surface area contributed by atoms with Gasteiger partial charge in [0.1, 0.15) is 29.7 Å². The Morgan fingerprint density at radius 3 is 2.76 bits per heavy atom. The van der Waals surface area contributed by atoms with E-state index in [0.717, 1.165) is 18.7 Å². The topological polar surface area (TPSA) is 146 Å². The van der Waals surface area contributed by atoms with Gasteiger partial charge in [0.05, 0.1) is 18.3 Å². The molecule has 4 heterocycles. The number of benzene rings is 1. The van der Waals surface area contributed by atoms with Crippen molar-refractivity contribution in [2.45, 2.75) is 58.4 Å². The van der Waals surface area contributed by atoms with Gasteiger partial charge in [-0.3, -0.25) is 14.5 Å². The van der Waals surface area contributed by atoms with E-state index in [0.29, 0.717) is 50.2 Å². The van der Waals surface area contributed by atoms with Crippen molar-refractivity contribution in [2.75, 3.05) is 38.0 Å². The van der Waals surface area contributed by atoms with E-state index in [2.05, 4.69) is 42.6 Å². The molecule has 0 aliphatic carbocycles. The van der Waals surface area contributed by atoms with Crippen LogP contribution in [0.2, 0.25) is 0 Å². The van der Waals surface area contributed by atoms with Gasteiger partial charge in [-0.15, -0.1) is 0 Å². The zero-order valence-corrected chi connectivity index (χ0v) is 23.7. The lowest BCUT2D eigenvalue weighted by Gasteiger charge is -2.39. The molecule has 41 heavy (non-hydrogen) atoms. The maximum Gasteiger partial charge on any atom is 0.270 e. The predicted molar refractivity (Wildman–Crippen MR) is 150 cm³/mol. The van der Waals surface area contributed by atoms with Gasteiger partial charge in [-0.2, -0.15) is 0 Å². The fourth-order valence-electron chi connectivity index (χ4n) is 4.92. The van der Waals surface area contributed by atoms with E-state index in [9.17, 15) is 14.7 Å². The van der Waals surface area contributed by atoms with Gasteiger partial charge in [-0.25, -0.2) is 15.0 Å². The molecule has 12 heteroatoms. The number of nitrogens with one attached hydrogen (secondary N) is 2. The average molecular weight is 564 g/mol. The molecule has 2 aliphatic rings. The van der Waals surface area contributed by atoms with Gasteiger partial charge in [0.25, 0.3) is 5.91 Å². The zero-order valence-electron chi connectivity index (χ0n) is 23.7. The third-order valence-corrected chi connectivity index (χ3v) is 7.27. The molecule has 0 saturated carbocycles. The Hall–Kier alpha value is -4.03. The number of aliphatic hydroxyl groups is 1. The van der Waals surface area contributed by atoms with E-state index >= 15 is 0 Å². The Kier molecular flexibility index (Phi) is 8.79. The number of rotatable bonds is 11. The number of amides is 2. The Morgan fingerprint density at radius 1 is 1.20 bits per heavy atom. The lowest BCUT2D eigenvalue weighted by molar-refractivity contribution is -0.132. The zero-order chi connectivity index (χ0) is 28.9. The first kappa shape index (κ1) is 28.5. The SMILES string of the molecule is CC(=O)N1CC(Nc2cc(C(=O)NC[C@H](O)CN3CCc4cc(OCc5cnco5)ccc4C3)nc(C(C)C)n2)C1. The van der Waals surface area contributed by atoms with Gasteiger partial charge in [-0.05, 0) is 29.7 Å². The number of β-amino-alcohol motifs (C(OH)–C–C–N with tert-alkyl or cyclic N) is 1. The third-order valence-electron chi connectivity index (χ3n) is 7.27. The molecule has 0 spiro atoms. The van der Waals surface area contributed by atoms with Crippen molar-refractivity contribution in [3.8, 4) is 5.75 Å². The molecule has 0 unspecified atom stereocenters. The van der Waals surface area contributed by atoms with E-state index in [-0.39, 0.29) is 36.0 Å². The number of aliphatic hydroxyl groups excluding tert-OH is 1. The molecule has 1 atom stereocenters. The number of ether oxygens (including phenoxy) is 1. The normalized spacial score (nSPS) is 16.2. The van der Waals surface area contributed by atoms with Crippen LogP contribution in [-0.2, 0) is 24.4 Å². The lowest BCUT2D eigenvalue weighted by Crippen LogP contribution is -2.56. The number of likely N-dealkylation sites (tertiary alicyclic amines) is 1. The summed E-state index contributed by atoms with van der Waals surface area (Å²) in [6, 6.07) is 7.75. The van der Waals surface area contributed by atoms with Gasteiger partial charge in [0.15, 0.2) is 12.2 Å². The van der Waals surface area contributed by atoms with Gasteiger partial charge < -0.3 is 29.8 Å². The number of hydrogen-bond acceptors (Lipinski definition) is 10. The highest BCUT2D eigenvalue weighted by Gasteiger charge is 2.29. The smallest absolute Gasteiger partial charge is 0.270 e. The van der Waals surface area contributed by atoms with Crippen molar-refractivity contribution < 1.29 is 23.8 Å². The molecule has 12 nitrogen and oxygen atoms in total. The van der Waals surface area contributed by atoms with Crippen LogP contribution in [0.3, 0.4) is 0 Å². The summed E-state index contributed by atoms with van der Waals surface area (Å²) >= 11 is 0. The number of carbonyl (C=O) groups is 2. The van der Waals surface area contributed by atoms with Gasteiger partial charge in [-0.1, -0.05) is 19.9 Å². The van der Waals surface area contributed by atoms with Gasteiger partial charge >= 0.3 is 0 Å². The Labute approximate surface area is 239 Å². The van der Waals surface area contributed by atoms with Gasteiger partial charge in [0, 0.05) is 58.2 Å². The monoisotopic (exact) mass is 563 g/mol. The fraction of sp³-hybridized carbons (Fsp3) is 0.483. The van der Waals surface area contributed by atoms with Crippen molar-refractivity contribution in [3.63, 3.8) is 0 Å². The molecular weight excluding hydrogens is 526 g/mol. The molecule has 3 aromatic rings. The summed E-state index contributed by atoms with van der Waals surface area (Å²) in [5, 5.41) is 16.8. The second-order valence-corrected chi connectivity index (χ2v) is 11.0. The first-order valence-electron chi connectivity index (χ1n) is 13.9. The second-order valence-electron chi connectivity index (χ2n) is 11.0. The molecule has 2 aromatic heterocycles. The summed E-state index contributed by atoms with van der Waals surface area (Å²) in [6.45, 7) is 9.06. The van der Waals surface area contributed by atoms with E-state index in [1.54, 1.807) is 24.1 Å². The largest absolute Gasteiger partial charge is 0.486 e. The van der Waals surface area contributed by atoms with Crippen LogP contribution in [-0.4, -0.2) is 86.5 Å². The van der Waals surface area contributed by atoms with Crippen LogP contribution in [0.4, 0.5) is 5.82 Å². The highest BCUT2D eigenvalue weighted by atomic mass is 16.5. The summed E-state index contributed by atoms with van der Waals surface area (Å²) in [4.78, 5) is 41.3. The van der Waals surface area contributed by atoms with Crippen molar-refractivity contribution in [3.05, 3.63) is 65.3 Å². The molecular formula is C29H37N7O5. The molecule has 2 amide bonds. The van der Waals surface area contributed by atoms with E-state index < -0.39 is 6.10 Å². The number of nitrogens with zero attached hydrogens (tertiary/aromatic N) is 5. The van der Waals surface area contributed by atoms with Crippen LogP contribution in [0.5, 0.6) is 5.75 Å². The predicted octanol–water partition coefficient (Wildman–Crippen LogP) is 1.96. The molecule has 3 N–H and O–H groups in total. The molecule has 5 rings (SSSR count). The van der Waals surface area contributed by atoms with Crippen LogP contribution >= 0.6 is 0 Å². The molecule has 218 valence electrons. The fourth-order valence-corrected chi connectivity index (χ4v) is 4.92. The molecule has 0 radical (unpaired) electrons. The van der Waals surface area contributed by atoms with Crippen molar-refractivity contribution in [2.24, 2.45) is 0 Å². The minimum atomic E-state index is -0.735. The number of oxazole rings is 1. The lowest BCUT2D eigenvalue weighted by atomic mass is 9.99. The maximum absolute atomic E-state index is 13.0. The Morgan fingerprint density at radius 2 is 2.02 bits per heavy atom. The van der Waals surface area contributed by atoms with Crippen LogP contribution in [0.25, 0.3) is 0 Å².